The van der Waals surface area contributed by atoms with Crippen LogP contribution in [0.2, 0.25) is 0 Å². The van der Waals surface area contributed by atoms with Crippen LogP contribution < -0.4 is 4.90 Å². The first-order valence-electron chi connectivity index (χ1n) is 7.68. The minimum atomic E-state index is 0.489. The number of nitrogens with zero attached hydrogens (tertiary/aromatic N) is 1. The van der Waals surface area contributed by atoms with Gasteiger partial charge in [0.15, 0.2) is 0 Å². The molecule has 0 N–H and O–H groups in total. The molecule has 0 heterocycles. The number of hydrogen-bond donors (Lipinski definition) is 0. The molecule has 2 aromatic rings. The molecule has 1 aliphatic carbocycles. The highest BCUT2D eigenvalue weighted by molar-refractivity contribution is 9.10. The molecule has 21 heavy (non-hydrogen) atoms. The van der Waals surface area contributed by atoms with Crippen LogP contribution in [0.3, 0.4) is 0 Å². The highest BCUT2D eigenvalue weighted by atomic mass is 79.9. The lowest BCUT2D eigenvalue weighted by molar-refractivity contribution is 0.607. The van der Waals surface area contributed by atoms with Crippen molar-refractivity contribution < 1.29 is 0 Å². The van der Waals surface area contributed by atoms with Crippen LogP contribution in [0.4, 0.5) is 5.69 Å². The summed E-state index contributed by atoms with van der Waals surface area (Å²) >= 11 is 3.89. The van der Waals surface area contributed by atoms with E-state index in [9.17, 15) is 0 Å². The number of anilines is 1. The Labute approximate surface area is 136 Å². The van der Waals surface area contributed by atoms with Gasteiger partial charge in [-0.2, -0.15) is 0 Å². The zero-order valence-corrected chi connectivity index (χ0v) is 14.7. The van der Waals surface area contributed by atoms with E-state index < -0.39 is 0 Å². The van der Waals surface area contributed by atoms with E-state index in [0.717, 1.165) is 6.42 Å². The predicted molar refractivity (Wildman–Crippen MR) is 95.1 cm³/mol. The maximum Gasteiger partial charge on any atom is 0.0518 e. The number of rotatable bonds is 3. The smallest absolute Gasteiger partial charge is 0.0518 e. The largest absolute Gasteiger partial charge is 0.366 e. The van der Waals surface area contributed by atoms with E-state index in [1.807, 2.05) is 0 Å². The van der Waals surface area contributed by atoms with Crippen LogP contribution in [0.5, 0.6) is 0 Å². The third-order valence-electron chi connectivity index (χ3n) is 4.29. The Kier molecular flexibility index (Phi) is 3.83. The Morgan fingerprint density at radius 2 is 1.57 bits per heavy atom. The monoisotopic (exact) mass is 343 g/mol. The first-order chi connectivity index (χ1) is 10.0. The zero-order chi connectivity index (χ0) is 15.1. The molecule has 2 aromatic carbocycles. The van der Waals surface area contributed by atoms with Crippen LogP contribution in [0.15, 0.2) is 40.9 Å². The molecule has 1 aliphatic rings. The molecule has 0 fully saturated rings. The van der Waals surface area contributed by atoms with E-state index in [1.165, 1.54) is 32.4 Å². The van der Waals surface area contributed by atoms with Crippen molar-refractivity contribution in [2.24, 2.45) is 0 Å². The molecule has 3 rings (SSSR count). The average Bonchev–Trinajstić information content (AvgIpc) is 2.80. The van der Waals surface area contributed by atoms with Gasteiger partial charge in [0.1, 0.15) is 0 Å². The summed E-state index contributed by atoms with van der Waals surface area (Å²) < 4.78 is 1.26. The van der Waals surface area contributed by atoms with Crippen molar-refractivity contribution in [2.45, 2.75) is 46.2 Å². The molecule has 0 bridgehead atoms. The van der Waals surface area contributed by atoms with E-state index in [0.29, 0.717) is 12.1 Å². The maximum absolute atomic E-state index is 3.89. The molecule has 0 aromatic heterocycles. The highest BCUT2D eigenvalue weighted by Gasteiger charge is 2.25. The van der Waals surface area contributed by atoms with Gasteiger partial charge in [-0.3, -0.25) is 0 Å². The van der Waals surface area contributed by atoms with Crippen molar-refractivity contribution in [1.82, 2.24) is 0 Å². The lowest BCUT2D eigenvalue weighted by atomic mass is 10.0. The van der Waals surface area contributed by atoms with Crippen LogP contribution >= 0.6 is 15.9 Å². The predicted octanol–water partition coefficient (Wildman–Crippen LogP) is 5.64. The van der Waals surface area contributed by atoms with E-state index in [-0.39, 0.29) is 0 Å². The molecule has 0 aliphatic heterocycles. The van der Waals surface area contributed by atoms with Crippen LogP contribution in [-0.4, -0.2) is 12.1 Å². The molecule has 110 valence electrons. The standard InChI is InChI=1S/C19H22BrN/c1-12(2)21(13(3)4)18-10-9-16-15-8-6-5-7-14(15)11-17(16)19(18)20/h5-10,12-13H,11H2,1-4H3. The summed E-state index contributed by atoms with van der Waals surface area (Å²) in [4.78, 5) is 2.48. The Bertz CT molecular complexity index is 665. The highest BCUT2D eigenvalue weighted by Crippen LogP contribution is 2.44. The van der Waals surface area contributed by atoms with Gasteiger partial charge in [0.25, 0.3) is 0 Å². The van der Waals surface area contributed by atoms with E-state index in [2.05, 4.69) is 84.9 Å². The lowest BCUT2D eigenvalue weighted by Crippen LogP contribution is -2.37. The average molecular weight is 344 g/mol. The summed E-state index contributed by atoms with van der Waals surface area (Å²) in [5.74, 6) is 0. The summed E-state index contributed by atoms with van der Waals surface area (Å²) in [6.07, 6.45) is 1.03. The fraction of sp³-hybridized carbons (Fsp3) is 0.368. The zero-order valence-electron chi connectivity index (χ0n) is 13.2. The first-order valence-corrected chi connectivity index (χ1v) is 8.48. The minimum Gasteiger partial charge on any atom is -0.366 e. The topological polar surface area (TPSA) is 3.24 Å². The van der Waals surface area contributed by atoms with Crippen LogP contribution in [0, 0.1) is 0 Å². The van der Waals surface area contributed by atoms with Crippen LogP contribution in [-0.2, 0) is 6.42 Å². The van der Waals surface area contributed by atoms with Gasteiger partial charge in [-0.05, 0) is 78.4 Å². The molecule has 0 atom stereocenters. The second kappa shape index (κ2) is 5.49. The maximum atomic E-state index is 3.89. The van der Waals surface area contributed by atoms with Gasteiger partial charge in [0.05, 0.1) is 5.69 Å². The second-order valence-electron chi connectivity index (χ2n) is 6.35. The molecule has 0 saturated carbocycles. The molecular weight excluding hydrogens is 322 g/mol. The van der Waals surface area contributed by atoms with Crippen LogP contribution in [0.1, 0.15) is 38.8 Å². The van der Waals surface area contributed by atoms with Gasteiger partial charge in [-0.15, -0.1) is 0 Å². The normalized spacial score (nSPS) is 12.7. The Balaban J connectivity index is 2.11. The number of fused-ring (bicyclic) bond motifs is 3. The fourth-order valence-corrected chi connectivity index (χ4v) is 4.20. The van der Waals surface area contributed by atoms with Gasteiger partial charge in [-0.25, -0.2) is 0 Å². The van der Waals surface area contributed by atoms with Gasteiger partial charge in [-0.1, -0.05) is 30.3 Å². The van der Waals surface area contributed by atoms with Gasteiger partial charge >= 0.3 is 0 Å². The third kappa shape index (κ3) is 2.40. The Hall–Kier alpha value is -1.28. The van der Waals surface area contributed by atoms with Crippen LogP contribution in [0.25, 0.3) is 11.1 Å². The van der Waals surface area contributed by atoms with E-state index in [4.69, 9.17) is 0 Å². The molecule has 0 spiro atoms. The van der Waals surface area contributed by atoms with Crippen molar-refractivity contribution in [2.75, 3.05) is 4.90 Å². The molecule has 0 radical (unpaired) electrons. The third-order valence-corrected chi connectivity index (χ3v) is 5.17. The van der Waals surface area contributed by atoms with Gasteiger partial charge in [0.2, 0.25) is 0 Å². The quantitative estimate of drug-likeness (QED) is 0.594. The summed E-state index contributed by atoms with van der Waals surface area (Å²) in [5.41, 5.74) is 6.95. The lowest BCUT2D eigenvalue weighted by Gasteiger charge is -2.34. The summed E-state index contributed by atoms with van der Waals surface area (Å²) in [6.45, 7) is 9.03. The Morgan fingerprint density at radius 3 is 2.24 bits per heavy atom. The molecular formula is C19H22BrN. The molecule has 0 saturated heterocycles. The van der Waals surface area contributed by atoms with Crippen molar-refractivity contribution in [3.63, 3.8) is 0 Å². The minimum absolute atomic E-state index is 0.489. The van der Waals surface area contributed by atoms with E-state index >= 15 is 0 Å². The van der Waals surface area contributed by atoms with Gasteiger partial charge < -0.3 is 4.90 Å². The van der Waals surface area contributed by atoms with E-state index in [1.54, 1.807) is 0 Å². The van der Waals surface area contributed by atoms with Crippen molar-refractivity contribution in [3.05, 3.63) is 52.0 Å². The molecule has 1 nitrogen and oxygen atoms in total. The summed E-state index contributed by atoms with van der Waals surface area (Å²) in [6, 6.07) is 14.3. The molecule has 0 unspecified atom stereocenters. The molecule has 2 heteroatoms. The number of benzene rings is 2. The fourth-order valence-electron chi connectivity index (χ4n) is 3.51. The van der Waals surface area contributed by atoms with Crippen molar-refractivity contribution in [3.8, 4) is 11.1 Å². The first kappa shape index (κ1) is 14.6. The van der Waals surface area contributed by atoms with Crippen molar-refractivity contribution in [1.29, 1.82) is 0 Å². The Morgan fingerprint density at radius 1 is 0.905 bits per heavy atom. The SMILES string of the molecule is CC(C)N(c1ccc2c(c1Br)Cc1ccccc1-2)C(C)C. The number of hydrogen-bond acceptors (Lipinski definition) is 1. The van der Waals surface area contributed by atoms with Gasteiger partial charge in [0, 0.05) is 16.6 Å². The van der Waals surface area contributed by atoms with Crippen molar-refractivity contribution >= 4 is 21.6 Å². The molecule has 0 amide bonds. The number of halogens is 1. The summed E-state index contributed by atoms with van der Waals surface area (Å²) in [7, 11) is 0. The second-order valence-corrected chi connectivity index (χ2v) is 7.15. The summed E-state index contributed by atoms with van der Waals surface area (Å²) in [5, 5.41) is 0.